The Morgan fingerprint density at radius 1 is 1.29 bits per heavy atom. The van der Waals surface area contributed by atoms with E-state index in [1.54, 1.807) is 17.3 Å². The molecular formula is C16H18N2O3S3. The van der Waals surface area contributed by atoms with Gasteiger partial charge in [-0.3, -0.25) is 9.78 Å². The van der Waals surface area contributed by atoms with Crippen LogP contribution in [0.15, 0.2) is 46.9 Å². The first-order valence-corrected chi connectivity index (χ1v) is 11.2. The van der Waals surface area contributed by atoms with Crippen LogP contribution in [0.3, 0.4) is 0 Å². The van der Waals surface area contributed by atoms with E-state index in [0.29, 0.717) is 18.7 Å². The third kappa shape index (κ3) is 4.17. The Bertz CT molecular complexity index is 776. The molecule has 0 bridgehead atoms. The molecular weight excluding hydrogens is 364 g/mol. The molecule has 1 aliphatic heterocycles. The van der Waals surface area contributed by atoms with Gasteiger partial charge in [-0.05, 0) is 30.0 Å². The summed E-state index contributed by atoms with van der Waals surface area (Å²) in [4.78, 5) is 19.9. The molecule has 0 spiro atoms. The fourth-order valence-corrected chi connectivity index (χ4v) is 6.45. The highest BCUT2D eigenvalue weighted by molar-refractivity contribution is 8.00. The smallest absolute Gasteiger partial charge is 0.232 e. The van der Waals surface area contributed by atoms with E-state index >= 15 is 0 Å². The van der Waals surface area contributed by atoms with Gasteiger partial charge in [0.05, 0.1) is 16.8 Å². The molecule has 0 aliphatic carbocycles. The van der Waals surface area contributed by atoms with Gasteiger partial charge in [0.1, 0.15) is 0 Å². The van der Waals surface area contributed by atoms with E-state index in [2.05, 4.69) is 4.98 Å². The molecule has 3 heterocycles. The molecule has 1 saturated heterocycles. The lowest BCUT2D eigenvalue weighted by Gasteiger charge is -2.19. The highest BCUT2D eigenvalue weighted by Crippen LogP contribution is 2.32. The topological polar surface area (TPSA) is 67.3 Å². The number of pyridine rings is 1. The number of thiophene rings is 1. The van der Waals surface area contributed by atoms with E-state index < -0.39 is 15.1 Å². The highest BCUT2D eigenvalue weighted by Gasteiger charge is 2.33. The van der Waals surface area contributed by atoms with E-state index in [-0.39, 0.29) is 18.2 Å². The van der Waals surface area contributed by atoms with Crippen molar-refractivity contribution in [3.63, 3.8) is 0 Å². The molecule has 0 N–H and O–H groups in total. The maximum absolute atomic E-state index is 12.5. The van der Waals surface area contributed by atoms with Crippen LogP contribution < -0.4 is 0 Å². The molecule has 2 aromatic heterocycles. The minimum absolute atomic E-state index is 0.0150. The van der Waals surface area contributed by atoms with Crippen LogP contribution >= 0.6 is 23.1 Å². The molecule has 1 aliphatic rings. The molecule has 8 heteroatoms. The number of carbonyl (C=O) groups excluding carboxylic acids is 1. The van der Waals surface area contributed by atoms with E-state index in [1.807, 2.05) is 29.6 Å². The van der Waals surface area contributed by atoms with Crippen LogP contribution in [-0.2, 0) is 14.6 Å². The number of amides is 1. The summed E-state index contributed by atoms with van der Waals surface area (Å²) >= 11 is 2.91. The quantitative estimate of drug-likeness (QED) is 0.761. The second kappa shape index (κ2) is 7.67. The Labute approximate surface area is 150 Å². The first kappa shape index (κ1) is 17.4. The molecule has 0 aromatic carbocycles. The maximum Gasteiger partial charge on any atom is 0.232 e. The molecule has 0 radical (unpaired) electrons. The number of thioether (sulfide) groups is 1. The van der Waals surface area contributed by atoms with E-state index in [9.17, 15) is 13.2 Å². The summed E-state index contributed by atoms with van der Waals surface area (Å²) in [7, 11) is -3.22. The number of hydrogen-bond donors (Lipinski definition) is 0. The fraction of sp³-hybridized carbons (Fsp3) is 0.375. The van der Waals surface area contributed by atoms with Gasteiger partial charge < -0.3 is 4.90 Å². The summed E-state index contributed by atoms with van der Waals surface area (Å²) in [5.74, 6) is 0.327. The average molecular weight is 383 g/mol. The lowest BCUT2D eigenvalue weighted by atomic mass is 10.2. The number of carbonyl (C=O) groups is 1. The SMILES string of the molecule is O=C(CSc1ccncc1)N1CCC(c2cccs2)S(=O)(=O)CC1. The number of sulfone groups is 1. The van der Waals surface area contributed by atoms with Crippen molar-refractivity contribution >= 4 is 38.8 Å². The van der Waals surface area contributed by atoms with Crippen LogP contribution in [0.1, 0.15) is 16.5 Å². The lowest BCUT2D eigenvalue weighted by molar-refractivity contribution is -0.128. The summed E-state index contributed by atoms with van der Waals surface area (Å²) in [6.45, 7) is 0.761. The van der Waals surface area contributed by atoms with Crippen molar-refractivity contribution in [3.8, 4) is 0 Å². The fourth-order valence-electron chi connectivity index (χ4n) is 2.66. The van der Waals surface area contributed by atoms with Crippen LogP contribution in [0.25, 0.3) is 0 Å². The zero-order valence-electron chi connectivity index (χ0n) is 13.0. The van der Waals surface area contributed by atoms with E-state index in [0.717, 1.165) is 9.77 Å². The van der Waals surface area contributed by atoms with E-state index in [4.69, 9.17) is 0 Å². The summed E-state index contributed by atoms with van der Waals surface area (Å²) in [6, 6.07) is 7.45. The lowest BCUT2D eigenvalue weighted by Crippen LogP contribution is -2.34. The molecule has 5 nitrogen and oxygen atoms in total. The minimum Gasteiger partial charge on any atom is -0.341 e. The van der Waals surface area contributed by atoms with Gasteiger partial charge in [-0.15, -0.1) is 23.1 Å². The standard InChI is InChI=1S/C16H18N2O3S3/c19-16(12-23-13-3-6-17-7-4-13)18-8-5-15(14-2-1-10-22-14)24(20,21)11-9-18/h1-4,6-7,10,15H,5,8-9,11-12H2. The normalized spacial score (nSPS) is 20.5. The Kier molecular flexibility index (Phi) is 5.57. The van der Waals surface area contributed by atoms with Crippen molar-refractivity contribution in [2.75, 3.05) is 24.6 Å². The molecule has 0 saturated carbocycles. The second-order valence-electron chi connectivity index (χ2n) is 5.51. The number of nitrogens with zero attached hydrogens (tertiary/aromatic N) is 2. The van der Waals surface area contributed by atoms with Crippen molar-refractivity contribution in [1.82, 2.24) is 9.88 Å². The van der Waals surface area contributed by atoms with Crippen molar-refractivity contribution in [3.05, 3.63) is 46.9 Å². The maximum atomic E-state index is 12.5. The summed E-state index contributed by atoms with van der Waals surface area (Å²) in [5, 5.41) is 1.41. The number of rotatable bonds is 4. The molecule has 1 atom stereocenters. The van der Waals surface area contributed by atoms with Crippen LogP contribution in [-0.4, -0.2) is 48.8 Å². The van der Waals surface area contributed by atoms with Gasteiger partial charge in [0, 0.05) is 35.3 Å². The van der Waals surface area contributed by atoms with Crippen molar-refractivity contribution < 1.29 is 13.2 Å². The Balaban J connectivity index is 1.63. The summed E-state index contributed by atoms with van der Waals surface area (Å²) in [5.41, 5.74) is 0. The molecule has 24 heavy (non-hydrogen) atoms. The van der Waals surface area contributed by atoms with Crippen molar-refractivity contribution in [2.24, 2.45) is 0 Å². The van der Waals surface area contributed by atoms with Crippen LogP contribution in [0.4, 0.5) is 0 Å². The van der Waals surface area contributed by atoms with Gasteiger partial charge >= 0.3 is 0 Å². The van der Waals surface area contributed by atoms with Gasteiger partial charge in [0.15, 0.2) is 9.84 Å². The predicted molar refractivity (Wildman–Crippen MR) is 97.0 cm³/mol. The first-order valence-electron chi connectivity index (χ1n) is 7.62. The molecule has 1 amide bonds. The van der Waals surface area contributed by atoms with Gasteiger partial charge in [0.2, 0.25) is 5.91 Å². The zero-order chi connectivity index (χ0) is 17.0. The van der Waals surface area contributed by atoms with Crippen LogP contribution in [0.2, 0.25) is 0 Å². The molecule has 1 fully saturated rings. The van der Waals surface area contributed by atoms with Crippen LogP contribution in [0.5, 0.6) is 0 Å². The van der Waals surface area contributed by atoms with Gasteiger partial charge in [0.25, 0.3) is 0 Å². The van der Waals surface area contributed by atoms with Gasteiger partial charge in [-0.1, -0.05) is 6.07 Å². The number of hydrogen-bond acceptors (Lipinski definition) is 6. The highest BCUT2D eigenvalue weighted by atomic mass is 32.2. The Morgan fingerprint density at radius 2 is 2.08 bits per heavy atom. The average Bonchev–Trinajstić information content (AvgIpc) is 3.05. The monoisotopic (exact) mass is 382 g/mol. The third-order valence-corrected chi connectivity index (χ3v) is 8.21. The molecule has 128 valence electrons. The summed E-state index contributed by atoms with van der Waals surface area (Å²) in [6.07, 6.45) is 3.85. The third-order valence-electron chi connectivity index (χ3n) is 3.97. The van der Waals surface area contributed by atoms with Gasteiger partial charge in [-0.25, -0.2) is 8.42 Å². The molecule has 2 aromatic rings. The summed E-state index contributed by atoms with van der Waals surface area (Å²) < 4.78 is 25.0. The van der Waals surface area contributed by atoms with Gasteiger partial charge in [-0.2, -0.15) is 0 Å². The Morgan fingerprint density at radius 3 is 2.79 bits per heavy atom. The Hall–Kier alpha value is -1.38. The van der Waals surface area contributed by atoms with E-state index in [1.165, 1.54) is 23.1 Å². The van der Waals surface area contributed by atoms with Crippen molar-refractivity contribution in [2.45, 2.75) is 16.6 Å². The van der Waals surface area contributed by atoms with Crippen molar-refractivity contribution in [1.29, 1.82) is 0 Å². The zero-order valence-corrected chi connectivity index (χ0v) is 15.4. The number of aromatic nitrogens is 1. The second-order valence-corrected chi connectivity index (χ2v) is 9.84. The first-order chi connectivity index (χ1) is 11.6. The minimum atomic E-state index is -3.22. The largest absolute Gasteiger partial charge is 0.341 e. The predicted octanol–water partition coefficient (Wildman–Crippen LogP) is 2.62. The van der Waals surface area contributed by atoms with Crippen LogP contribution in [0, 0.1) is 0 Å². The molecule has 3 rings (SSSR count). The molecule has 1 unspecified atom stereocenters.